The molecule has 0 atom stereocenters. The molecular weight excluding hydrogens is 222 g/mol. The summed E-state index contributed by atoms with van der Waals surface area (Å²) in [5.41, 5.74) is 0.829. The molecule has 1 rings (SSSR count). The first-order valence-corrected chi connectivity index (χ1v) is 7.08. The Labute approximate surface area is 111 Å². The van der Waals surface area contributed by atoms with Gasteiger partial charge in [-0.3, -0.25) is 9.69 Å². The summed E-state index contributed by atoms with van der Waals surface area (Å²) in [5.74, 6) is 0.239. The van der Waals surface area contributed by atoms with Crippen molar-refractivity contribution in [1.29, 1.82) is 0 Å². The Bertz CT molecular complexity index is 326. The average Bonchev–Trinajstić information content (AvgIpc) is 2.42. The van der Waals surface area contributed by atoms with Crippen LogP contribution in [0.25, 0.3) is 0 Å². The lowest BCUT2D eigenvalue weighted by Gasteiger charge is -2.21. The van der Waals surface area contributed by atoms with E-state index < -0.39 is 0 Å². The number of hydrogen-bond donors (Lipinski definition) is 0. The van der Waals surface area contributed by atoms with Gasteiger partial charge < -0.3 is 0 Å². The fourth-order valence-corrected chi connectivity index (χ4v) is 1.95. The topological polar surface area (TPSA) is 20.3 Å². The maximum Gasteiger partial charge on any atom is 0.176 e. The quantitative estimate of drug-likeness (QED) is 0.619. The van der Waals surface area contributed by atoms with E-state index in [1.807, 2.05) is 30.3 Å². The summed E-state index contributed by atoms with van der Waals surface area (Å²) in [7, 11) is 0. The second-order valence-electron chi connectivity index (χ2n) is 4.77. The highest BCUT2D eigenvalue weighted by Gasteiger charge is 2.11. The number of nitrogens with zero attached hydrogens (tertiary/aromatic N) is 1. The van der Waals surface area contributed by atoms with Crippen molar-refractivity contribution >= 4 is 5.78 Å². The first-order chi connectivity index (χ1) is 8.77. The lowest BCUT2D eigenvalue weighted by Crippen LogP contribution is -2.31. The van der Waals surface area contributed by atoms with E-state index in [0.717, 1.165) is 18.7 Å². The lowest BCUT2D eigenvalue weighted by atomic mass is 10.1. The SMILES string of the molecule is CCCCN(CCCC)CC(=O)c1ccccc1. The molecule has 100 valence electrons. The molecular formula is C16H25NO. The Morgan fingerprint density at radius 2 is 1.56 bits per heavy atom. The average molecular weight is 247 g/mol. The molecule has 0 saturated heterocycles. The number of carbonyl (C=O) groups excluding carboxylic acids is 1. The van der Waals surface area contributed by atoms with E-state index in [1.165, 1.54) is 25.7 Å². The molecule has 0 aliphatic carbocycles. The van der Waals surface area contributed by atoms with Crippen LogP contribution in [0.1, 0.15) is 49.9 Å². The Kier molecular flexibility index (Phi) is 7.35. The molecule has 0 unspecified atom stereocenters. The summed E-state index contributed by atoms with van der Waals surface area (Å²) in [6.45, 7) is 7.02. The van der Waals surface area contributed by atoms with Crippen LogP contribution < -0.4 is 0 Å². The summed E-state index contributed by atoms with van der Waals surface area (Å²) in [5, 5.41) is 0. The van der Waals surface area contributed by atoms with E-state index in [1.54, 1.807) is 0 Å². The predicted molar refractivity (Wildman–Crippen MR) is 77.0 cm³/mol. The van der Waals surface area contributed by atoms with Gasteiger partial charge in [-0.15, -0.1) is 0 Å². The van der Waals surface area contributed by atoms with Crippen molar-refractivity contribution in [2.24, 2.45) is 0 Å². The number of hydrogen-bond acceptors (Lipinski definition) is 2. The van der Waals surface area contributed by atoms with E-state index in [2.05, 4.69) is 18.7 Å². The third-order valence-electron chi connectivity index (χ3n) is 3.12. The standard InChI is InChI=1S/C16H25NO/c1-3-5-12-17(13-6-4-2)14-16(18)15-10-8-7-9-11-15/h7-11H,3-6,12-14H2,1-2H3. The predicted octanol–water partition coefficient (Wildman–Crippen LogP) is 3.77. The van der Waals surface area contributed by atoms with E-state index in [-0.39, 0.29) is 5.78 Å². The Balaban J connectivity index is 2.50. The van der Waals surface area contributed by atoms with Gasteiger partial charge in [0.05, 0.1) is 6.54 Å². The zero-order chi connectivity index (χ0) is 13.2. The van der Waals surface area contributed by atoms with Crippen molar-refractivity contribution < 1.29 is 4.79 Å². The second-order valence-corrected chi connectivity index (χ2v) is 4.77. The van der Waals surface area contributed by atoms with Gasteiger partial charge in [0.1, 0.15) is 0 Å². The summed E-state index contributed by atoms with van der Waals surface area (Å²) >= 11 is 0. The minimum atomic E-state index is 0.239. The highest BCUT2D eigenvalue weighted by molar-refractivity contribution is 5.97. The lowest BCUT2D eigenvalue weighted by molar-refractivity contribution is 0.0928. The number of carbonyl (C=O) groups is 1. The summed E-state index contributed by atoms with van der Waals surface area (Å²) in [4.78, 5) is 14.4. The van der Waals surface area contributed by atoms with Gasteiger partial charge in [0.2, 0.25) is 0 Å². The molecule has 18 heavy (non-hydrogen) atoms. The van der Waals surface area contributed by atoms with Crippen LogP contribution in [0.4, 0.5) is 0 Å². The molecule has 0 fully saturated rings. The number of unbranched alkanes of at least 4 members (excludes halogenated alkanes) is 2. The molecule has 0 radical (unpaired) electrons. The number of Topliss-reactive ketones (excluding diaryl/α,β-unsaturated/α-hetero) is 1. The van der Waals surface area contributed by atoms with Crippen molar-refractivity contribution in [3.05, 3.63) is 35.9 Å². The van der Waals surface area contributed by atoms with E-state index in [4.69, 9.17) is 0 Å². The number of rotatable bonds is 9. The van der Waals surface area contributed by atoms with Crippen molar-refractivity contribution in [2.75, 3.05) is 19.6 Å². The van der Waals surface area contributed by atoms with Gasteiger partial charge >= 0.3 is 0 Å². The van der Waals surface area contributed by atoms with Crippen LogP contribution in [-0.4, -0.2) is 30.3 Å². The van der Waals surface area contributed by atoms with Crippen LogP contribution in [0.2, 0.25) is 0 Å². The van der Waals surface area contributed by atoms with Crippen LogP contribution in [-0.2, 0) is 0 Å². The van der Waals surface area contributed by atoms with Crippen molar-refractivity contribution in [3.8, 4) is 0 Å². The van der Waals surface area contributed by atoms with Crippen molar-refractivity contribution in [2.45, 2.75) is 39.5 Å². The van der Waals surface area contributed by atoms with Gasteiger partial charge in [-0.2, -0.15) is 0 Å². The van der Waals surface area contributed by atoms with Crippen LogP contribution in [0.5, 0.6) is 0 Å². The monoisotopic (exact) mass is 247 g/mol. The Morgan fingerprint density at radius 1 is 1.00 bits per heavy atom. The summed E-state index contributed by atoms with van der Waals surface area (Å²) in [6.07, 6.45) is 4.71. The van der Waals surface area contributed by atoms with Crippen LogP contribution in [0.15, 0.2) is 30.3 Å². The zero-order valence-corrected chi connectivity index (χ0v) is 11.7. The molecule has 0 aromatic heterocycles. The summed E-state index contributed by atoms with van der Waals surface area (Å²) < 4.78 is 0. The zero-order valence-electron chi connectivity index (χ0n) is 11.7. The molecule has 1 aromatic rings. The van der Waals surface area contributed by atoms with E-state index in [0.29, 0.717) is 6.54 Å². The molecule has 0 amide bonds. The smallest absolute Gasteiger partial charge is 0.176 e. The molecule has 0 aliphatic heterocycles. The van der Waals surface area contributed by atoms with Gasteiger partial charge in [0, 0.05) is 5.56 Å². The Hall–Kier alpha value is -1.15. The molecule has 0 heterocycles. The first-order valence-electron chi connectivity index (χ1n) is 7.08. The Morgan fingerprint density at radius 3 is 2.06 bits per heavy atom. The molecule has 2 nitrogen and oxygen atoms in total. The minimum absolute atomic E-state index is 0.239. The van der Waals surface area contributed by atoms with Crippen LogP contribution >= 0.6 is 0 Å². The highest BCUT2D eigenvalue weighted by atomic mass is 16.1. The normalized spacial score (nSPS) is 10.8. The molecule has 0 spiro atoms. The van der Waals surface area contributed by atoms with E-state index in [9.17, 15) is 4.79 Å². The van der Waals surface area contributed by atoms with Gasteiger partial charge in [-0.05, 0) is 25.9 Å². The van der Waals surface area contributed by atoms with Gasteiger partial charge in [-0.25, -0.2) is 0 Å². The second kappa shape index (κ2) is 8.87. The number of benzene rings is 1. The largest absolute Gasteiger partial charge is 0.296 e. The molecule has 0 saturated carbocycles. The van der Waals surface area contributed by atoms with Gasteiger partial charge in [0.15, 0.2) is 5.78 Å². The van der Waals surface area contributed by atoms with Crippen molar-refractivity contribution in [1.82, 2.24) is 4.90 Å². The molecule has 0 N–H and O–H groups in total. The highest BCUT2D eigenvalue weighted by Crippen LogP contribution is 2.04. The minimum Gasteiger partial charge on any atom is -0.296 e. The maximum absolute atomic E-state index is 12.1. The third kappa shape index (κ3) is 5.46. The van der Waals surface area contributed by atoms with Crippen LogP contribution in [0, 0.1) is 0 Å². The summed E-state index contributed by atoms with van der Waals surface area (Å²) in [6, 6.07) is 9.61. The van der Waals surface area contributed by atoms with Crippen LogP contribution in [0.3, 0.4) is 0 Å². The third-order valence-corrected chi connectivity index (χ3v) is 3.12. The fourth-order valence-electron chi connectivity index (χ4n) is 1.95. The van der Waals surface area contributed by atoms with Gasteiger partial charge in [0.25, 0.3) is 0 Å². The molecule has 0 aliphatic rings. The number of ketones is 1. The van der Waals surface area contributed by atoms with Gasteiger partial charge in [-0.1, -0.05) is 57.0 Å². The molecule has 2 heteroatoms. The molecule has 0 bridgehead atoms. The first kappa shape index (κ1) is 14.9. The fraction of sp³-hybridized carbons (Fsp3) is 0.562. The maximum atomic E-state index is 12.1. The van der Waals surface area contributed by atoms with Crippen molar-refractivity contribution in [3.63, 3.8) is 0 Å². The molecule has 1 aromatic carbocycles. The van der Waals surface area contributed by atoms with E-state index >= 15 is 0 Å².